The van der Waals surface area contributed by atoms with Crippen molar-refractivity contribution in [1.29, 1.82) is 5.26 Å². The van der Waals surface area contributed by atoms with Crippen LogP contribution in [0.3, 0.4) is 0 Å². The van der Waals surface area contributed by atoms with Gasteiger partial charge in [-0.15, -0.1) is 0 Å². The van der Waals surface area contributed by atoms with Crippen molar-refractivity contribution < 1.29 is 4.79 Å². The molecule has 0 aromatic heterocycles. The molecule has 1 aliphatic heterocycles. The average Bonchev–Trinajstić information content (AvgIpc) is 2.74. The minimum absolute atomic E-state index is 0.0371. The Hall–Kier alpha value is -1.90. The molecule has 1 heterocycles. The zero-order valence-corrected chi connectivity index (χ0v) is 11.6. The molecule has 1 aromatic carbocycles. The lowest BCUT2D eigenvalue weighted by Gasteiger charge is -2.18. The Labute approximate surface area is 119 Å². The van der Waals surface area contributed by atoms with Gasteiger partial charge in [-0.2, -0.15) is 5.26 Å². The highest BCUT2D eigenvalue weighted by molar-refractivity contribution is 5.92. The maximum absolute atomic E-state index is 11.9. The first kappa shape index (κ1) is 14.5. The van der Waals surface area contributed by atoms with Gasteiger partial charge >= 0.3 is 0 Å². The van der Waals surface area contributed by atoms with Crippen molar-refractivity contribution in [3.63, 3.8) is 0 Å². The van der Waals surface area contributed by atoms with E-state index >= 15 is 0 Å². The number of nitriles is 1. The summed E-state index contributed by atoms with van der Waals surface area (Å²) in [4.78, 5) is 14.2. The summed E-state index contributed by atoms with van der Waals surface area (Å²) in [5.41, 5.74) is 1.09. The van der Waals surface area contributed by atoms with E-state index in [1.54, 1.807) is 18.2 Å². The Balaban J connectivity index is 1.81. The maximum atomic E-state index is 11.9. The molecule has 1 amide bonds. The topological polar surface area (TPSA) is 68.2 Å². The molecule has 0 unspecified atom stereocenters. The van der Waals surface area contributed by atoms with Crippen LogP contribution in [0.5, 0.6) is 0 Å². The monoisotopic (exact) mass is 272 g/mol. The quantitative estimate of drug-likeness (QED) is 0.863. The molecule has 5 nitrogen and oxygen atoms in total. The Morgan fingerprint density at radius 1 is 1.35 bits per heavy atom. The van der Waals surface area contributed by atoms with Gasteiger partial charge in [-0.25, -0.2) is 0 Å². The third-order valence-corrected chi connectivity index (χ3v) is 3.41. The van der Waals surface area contributed by atoms with Crippen molar-refractivity contribution in [3.05, 3.63) is 29.8 Å². The molecule has 20 heavy (non-hydrogen) atoms. The molecule has 0 radical (unpaired) electrons. The van der Waals surface area contributed by atoms with E-state index in [0.717, 1.165) is 39.1 Å². The number of amides is 1. The van der Waals surface area contributed by atoms with Crippen LogP contribution >= 0.6 is 0 Å². The van der Waals surface area contributed by atoms with Gasteiger partial charge in [0.2, 0.25) is 5.91 Å². The van der Waals surface area contributed by atoms with Crippen LogP contribution in [0.25, 0.3) is 0 Å². The van der Waals surface area contributed by atoms with Crippen LogP contribution in [0.1, 0.15) is 18.4 Å². The molecule has 106 valence electrons. The van der Waals surface area contributed by atoms with Crippen LogP contribution in [0, 0.1) is 11.3 Å². The van der Waals surface area contributed by atoms with Crippen molar-refractivity contribution in [2.45, 2.75) is 12.8 Å². The molecular weight excluding hydrogens is 252 g/mol. The van der Waals surface area contributed by atoms with Gasteiger partial charge in [0.15, 0.2) is 0 Å². The van der Waals surface area contributed by atoms with Crippen LogP contribution in [0.15, 0.2) is 24.3 Å². The fraction of sp³-hybridized carbons (Fsp3) is 0.467. The summed E-state index contributed by atoms with van der Waals surface area (Å²) < 4.78 is 0. The Bertz CT molecular complexity index is 487. The van der Waals surface area contributed by atoms with Gasteiger partial charge in [0.1, 0.15) is 6.07 Å². The molecule has 0 aliphatic carbocycles. The standard InChI is InChI=1S/C15H20N4O/c16-12-13-4-1-2-5-14(13)18-15(20)6-10-19-9-3-7-17-8-11-19/h1-2,4-5,17H,3,6-11H2,(H,18,20). The van der Waals surface area contributed by atoms with Crippen LogP contribution in [0.2, 0.25) is 0 Å². The largest absolute Gasteiger partial charge is 0.325 e. The number of hydrogen-bond acceptors (Lipinski definition) is 4. The first-order valence-corrected chi connectivity index (χ1v) is 7.01. The van der Waals surface area contributed by atoms with E-state index in [2.05, 4.69) is 21.6 Å². The second-order valence-corrected chi connectivity index (χ2v) is 4.90. The molecule has 2 rings (SSSR count). The Morgan fingerprint density at radius 3 is 3.05 bits per heavy atom. The fourth-order valence-electron chi connectivity index (χ4n) is 2.29. The number of nitrogens with one attached hydrogen (secondary N) is 2. The van der Waals surface area contributed by atoms with Gasteiger partial charge in [-0.3, -0.25) is 4.79 Å². The SMILES string of the molecule is N#Cc1ccccc1NC(=O)CCN1CCCNCC1. The summed E-state index contributed by atoms with van der Waals surface area (Å²) in [6.07, 6.45) is 1.58. The highest BCUT2D eigenvalue weighted by atomic mass is 16.1. The Morgan fingerprint density at radius 2 is 2.20 bits per heavy atom. The summed E-state index contributed by atoms with van der Waals surface area (Å²) in [6.45, 7) is 4.83. The number of anilines is 1. The van der Waals surface area contributed by atoms with E-state index in [1.807, 2.05) is 6.07 Å². The van der Waals surface area contributed by atoms with E-state index in [4.69, 9.17) is 5.26 Å². The molecular formula is C15H20N4O. The minimum Gasteiger partial charge on any atom is -0.325 e. The minimum atomic E-state index is -0.0371. The van der Waals surface area contributed by atoms with Crippen LogP contribution < -0.4 is 10.6 Å². The second kappa shape index (κ2) is 7.63. The zero-order valence-electron chi connectivity index (χ0n) is 11.6. The highest BCUT2D eigenvalue weighted by Crippen LogP contribution is 2.13. The van der Waals surface area contributed by atoms with Crippen LogP contribution in [-0.2, 0) is 4.79 Å². The van der Waals surface area contributed by atoms with Gasteiger partial charge in [-0.05, 0) is 31.6 Å². The van der Waals surface area contributed by atoms with E-state index in [-0.39, 0.29) is 5.91 Å². The second-order valence-electron chi connectivity index (χ2n) is 4.90. The summed E-state index contributed by atoms with van der Waals surface area (Å²) >= 11 is 0. The number of benzene rings is 1. The molecule has 1 aliphatic rings. The summed E-state index contributed by atoms with van der Waals surface area (Å²) in [5, 5.41) is 15.1. The lowest BCUT2D eigenvalue weighted by Crippen LogP contribution is -2.31. The van der Waals surface area contributed by atoms with E-state index < -0.39 is 0 Å². The number of rotatable bonds is 4. The molecule has 0 bridgehead atoms. The predicted octanol–water partition coefficient (Wildman–Crippen LogP) is 1.18. The van der Waals surface area contributed by atoms with Crippen molar-refractivity contribution in [1.82, 2.24) is 10.2 Å². The van der Waals surface area contributed by atoms with E-state index in [9.17, 15) is 4.79 Å². The van der Waals surface area contributed by atoms with Gasteiger partial charge in [-0.1, -0.05) is 12.1 Å². The van der Waals surface area contributed by atoms with Gasteiger partial charge in [0.05, 0.1) is 11.3 Å². The fourth-order valence-corrected chi connectivity index (χ4v) is 2.29. The number of carbonyl (C=O) groups is 1. The molecule has 5 heteroatoms. The maximum Gasteiger partial charge on any atom is 0.225 e. The highest BCUT2D eigenvalue weighted by Gasteiger charge is 2.11. The zero-order chi connectivity index (χ0) is 14.2. The van der Waals surface area contributed by atoms with Gasteiger partial charge in [0, 0.05) is 26.1 Å². The van der Waals surface area contributed by atoms with E-state index in [0.29, 0.717) is 17.7 Å². The lowest BCUT2D eigenvalue weighted by molar-refractivity contribution is -0.116. The van der Waals surface area contributed by atoms with Gasteiger partial charge < -0.3 is 15.5 Å². The molecule has 1 aromatic rings. The molecule has 1 saturated heterocycles. The average molecular weight is 272 g/mol. The summed E-state index contributed by atoms with van der Waals surface area (Å²) in [6, 6.07) is 9.15. The first-order valence-electron chi connectivity index (χ1n) is 7.01. The smallest absolute Gasteiger partial charge is 0.225 e. The Kier molecular flexibility index (Phi) is 5.54. The first-order chi connectivity index (χ1) is 9.79. The van der Waals surface area contributed by atoms with Crippen LogP contribution in [-0.4, -0.2) is 43.5 Å². The number of nitrogens with zero attached hydrogens (tertiary/aromatic N) is 2. The number of para-hydroxylation sites is 1. The van der Waals surface area contributed by atoms with Crippen molar-refractivity contribution in [2.24, 2.45) is 0 Å². The van der Waals surface area contributed by atoms with Crippen molar-refractivity contribution in [3.8, 4) is 6.07 Å². The molecule has 0 atom stereocenters. The number of hydrogen-bond donors (Lipinski definition) is 2. The predicted molar refractivity (Wildman–Crippen MR) is 78.3 cm³/mol. The van der Waals surface area contributed by atoms with Crippen molar-refractivity contribution >= 4 is 11.6 Å². The normalized spacial score (nSPS) is 16.1. The number of carbonyl (C=O) groups excluding carboxylic acids is 1. The molecule has 0 spiro atoms. The third-order valence-electron chi connectivity index (χ3n) is 3.41. The summed E-state index contributed by atoms with van der Waals surface area (Å²) in [5.74, 6) is -0.0371. The molecule has 0 saturated carbocycles. The van der Waals surface area contributed by atoms with E-state index in [1.165, 1.54) is 0 Å². The van der Waals surface area contributed by atoms with Crippen LogP contribution in [0.4, 0.5) is 5.69 Å². The third kappa shape index (κ3) is 4.34. The summed E-state index contributed by atoms with van der Waals surface area (Å²) in [7, 11) is 0. The molecule has 2 N–H and O–H groups in total. The molecule has 1 fully saturated rings. The lowest BCUT2D eigenvalue weighted by atomic mass is 10.2. The van der Waals surface area contributed by atoms with Gasteiger partial charge in [0.25, 0.3) is 0 Å². The van der Waals surface area contributed by atoms with Crippen molar-refractivity contribution in [2.75, 3.05) is 38.0 Å².